The van der Waals surface area contributed by atoms with E-state index in [-0.39, 0.29) is 24.1 Å². The lowest BCUT2D eigenvalue weighted by Crippen LogP contribution is -2.40. The molecule has 2 amide bonds. The number of para-hydroxylation sites is 1. The van der Waals surface area contributed by atoms with Gasteiger partial charge in [0.05, 0.1) is 23.4 Å². The van der Waals surface area contributed by atoms with Crippen LogP contribution in [-0.2, 0) is 11.3 Å². The van der Waals surface area contributed by atoms with Gasteiger partial charge in [0.25, 0.3) is 11.8 Å². The third kappa shape index (κ3) is 5.99. The molecule has 0 aliphatic rings. The number of hydrogen-bond acceptors (Lipinski definition) is 4. The molecule has 31 heavy (non-hydrogen) atoms. The third-order valence-corrected chi connectivity index (χ3v) is 4.46. The van der Waals surface area contributed by atoms with Gasteiger partial charge < -0.3 is 15.4 Å². The summed E-state index contributed by atoms with van der Waals surface area (Å²) in [5.74, 6) is -0.0103. The van der Waals surface area contributed by atoms with E-state index >= 15 is 0 Å². The predicted octanol–water partition coefficient (Wildman–Crippen LogP) is 3.47. The minimum Gasteiger partial charge on any atom is -0.494 e. The van der Waals surface area contributed by atoms with Crippen molar-refractivity contribution in [2.45, 2.75) is 20.4 Å². The van der Waals surface area contributed by atoms with Crippen molar-refractivity contribution in [1.82, 2.24) is 0 Å². The van der Waals surface area contributed by atoms with Gasteiger partial charge in [-0.25, -0.2) is 0 Å². The number of nitrogens with zero attached hydrogens (tertiary/aromatic N) is 1. The normalized spacial score (nSPS) is 10.3. The van der Waals surface area contributed by atoms with Crippen molar-refractivity contribution in [2.75, 3.05) is 17.2 Å². The first-order valence-electron chi connectivity index (χ1n) is 9.89. The average Bonchev–Trinajstić information content (AvgIpc) is 2.75. The molecule has 7 nitrogen and oxygen atoms in total. The maximum Gasteiger partial charge on any atom is 0.290 e. The molecule has 2 N–H and O–H groups in total. The zero-order valence-electron chi connectivity index (χ0n) is 17.4. The van der Waals surface area contributed by atoms with Crippen LogP contribution in [-0.4, -0.2) is 24.2 Å². The number of ketones is 1. The summed E-state index contributed by atoms with van der Waals surface area (Å²) in [6.07, 6.45) is 3.32. The van der Waals surface area contributed by atoms with Gasteiger partial charge >= 0.3 is 0 Å². The molecule has 3 aromatic rings. The van der Waals surface area contributed by atoms with Gasteiger partial charge in [0.15, 0.2) is 18.2 Å². The summed E-state index contributed by atoms with van der Waals surface area (Å²) in [6, 6.07) is 17.2. The standard InChI is InChI=1S/C24H23N3O4/c1-3-31-20-12-10-19(11-13-20)25-24(30)21-8-4-5-9-22(21)26-23(29)16-27-14-6-7-18(15-27)17(2)28/h4-15H,3,16H2,1-2H3,(H-,25,26,29,30)/p+1. The molecule has 0 radical (unpaired) electrons. The maximum atomic E-state index is 12.8. The molecule has 0 bridgehead atoms. The molecule has 0 fully saturated rings. The summed E-state index contributed by atoms with van der Waals surface area (Å²) in [5.41, 5.74) is 1.88. The van der Waals surface area contributed by atoms with Crippen molar-refractivity contribution in [2.24, 2.45) is 0 Å². The molecule has 0 atom stereocenters. The minimum atomic E-state index is -0.341. The number of carbonyl (C=O) groups excluding carboxylic acids is 3. The number of rotatable bonds is 8. The Labute approximate surface area is 180 Å². The summed E-state index contributed by atoms with van der Waals surface area (Å²) < 4.78 is 7.02. The second-order valence-electron chi connectivity index (χ2n) is 6.83. The van der Waals surface area contributed by atoms with E-state index in [9.17, 15) is 14.4 Å². The van der Waals surface area contributed by atoms with E-state index in [1.54, 1.807) is 77.6 Å². The van der Waals surface area contributed by atoms with Crippen LogP contribution in [0.5, 0.6) is 5.75 Å². The van der Waals surface area contributed by atoms with Gasteiger partial charge in [-0.3, -0.25) is 14.4 Å². The molecule has 7 heteroatoms. The maximum absolute atomic E-state index is 12.8. The van der Waals surface area contributed by atoms with Gasteiger partial charge in [-0.1, -0.05) is 12.1 Å². The van der Waals surface area contributed by atoms with E-state index in [2.05, 4.69) is 10.6 Å². The lowest BCUT2D eigenvalue weighted by atomic mass is 10.1. The molecule has 2 aromatic carbocycles. The Morgan fingerprint density at radius 1 is 0.935 bits per heavy atom. The van der Waals surface area contributed by atoms with Gasteiger partial charge in [0, 0.05) is 11.8 Å². The quantitative estimate of drug-likeness (QED) is 0.433. The molecular formula is C24H24N3O4+. The molecule has 0 saturated heterocycles. The van der Waals surface area contributed by atoms with Crippen molar-refractivity contribution >= 4 is 29.0 Å². The smallest absolute Gasteiger partial charge is 0.290 e. The number of aromatic nitrogens is 1. The second-order valence-corrected chi connectivity index (χ2v) is 6.83. The lowest BCUT2D eigenvalue weighted by molar-refractivity contribution is -0.684. The molecule has 0 aliphatic heterocycles. The van der Waals surface area contributed by atoms with Crippen LogP contribution < -0.4 is 19.9 Å². The Balaban J connectivity index is 1.69. The number of anilines is 2. The monoisotopic (exact) mass is 418 g/mol. The van der Waals surface area contributed by atoms with Gasteiger partial charge in [-0.2, -0.15) is 4.57 Å². The summed E-state index contributed by atoms with van der Waals surface area (Å²) in [4.78, 5) is 36.8. The number of hydrogen-bond donors (Lipinski definition) is 2. The number of nitrogens with one attached hydrogen (secondary N) is 2. The van der Waals surface area contributed by atoms with Gasteiger partial charge in [0.2, 0.25) is 6.54 Å². The second kappa shape index (κ2) is 10.2. The van der Waals surface area contributed by atoms with Crippen LogP contribution in [0.1, 0.15) is 34.6 Å². The largest absolute Gasteiger partial charge is 0.494 e. The van der Waals surface area contributed by atoms with Gasteiger partial charge in [-0.15, -0.1) is 0 Å². The summed E-state index contributed by atoms with van der Waals surface area (Å²) in [7, 11) is 0. The highest BCUT2D eigenvalue weighted by Crippen LogP contribution is 2.19. The van der Waals surface area contributed by atoms with E-state index in [0.29, 0.717) is 29.1 Å². The average molecular weight is 418 g/mol. The number of amides is 2. The van der Waals surface area contributed by atoms with Crippen LogP contribution in [0.3, 0.4) is 0 Å². The molecule has 0 aliphatic carbocycles. The van der Waals surface area contributed by atoms with E-state index in [1.807, 2.05) is 6.92 Å². The summed E-state index contributed by atoms with van der Waals surface area (Å²) in [5, 5.41) is 5.60. The van der Waals surface area contributed by atoms with Crippen LogP contribution in [0.15, 0.2) is 73.1 Å². The Morgan fingerprint density at radius 2 is 1.68 bits per heavy atom. The van der Waals surface area contributed by atoms with Crippen molar-refractivity contribution in [3.05, 3.63) is 84.2 Å². The molecule has 0 saturated carbocycles. The first kappa shape index (κ1) is 21.7. The molecule has 1 heterocycles. The van der Waals surface area contributed by atoms with Crippen LogP contribution in [0.4, 0.5) is 11.4 Å². The van der Waals surface area contributed by atoms with E-state index in [0.717, 1.165) is 5.75 Å². The first-order chi connectivity index (χ1) is 15.0. The summed E-state index contributed by atoms with van der Waals surface area (Å²) in [6.45, 7) is 3.95. The Morgan fingerprint density at radius 3 is 2.39 bits per heavy atom. The highest BCUT2D eigenvalue weighted by atomic mass is 16.5. The molecule has 0 spiro atoms. The van der Waals surface area contributed by atoms with Crippen LogP contribution >= 0.6 is 0 Å². The van der Waals surface area contributed by atoms with Crippen LogP contribution in [0.25, 0.3) is 0 Å². The highest BCUT2D eigenvalue weighted by Gasteiger charge is 2.16. The van der Waals surface area contributed by atoms with Gasteiger partial charge in [-0.05, 0) is 56.3 Å². The zero-order valence-corrected chi connectivity index (χ0v) is 17.4. The number of ether oxygens (including phenoxy) is 1. The van der Waals surface area contributed by atoms with Crippen molar-refractivity contribution in [1.29, 1.82) is 0 Å². The van der Waals surface area contributed by atoms with Gasteiger partial charge in [0.1, 0.15) is 5.75 Å². The fourth-order valence-corrected chi connectivity index (χ4v) is 2.97. The predicted molar refractivity (Wildman–Crippen MR) is 117 cm³/mol. The number of carbonyl (C=O) groups is 3. The van der Waals surface area contributed by atoms with E-state index in [1.165, 1.54) is 6.92 Å². The van der Waals surface area contributed by atoms with Crippen LogP contribution in [0.2, 0.25) is 0 Å². The molecule has 158 valence electrons. The van der Waals surface area contributed by atoms with E-state index < -0.39 is 0 Å². The Bertz CT molecular complexity index is 1090. The first-order valence-corrected chi connectivity index (χ1v) is 9.89. The van der Waals surface area contributed by atoms with E-state index in [4.69, 9.17) is 4.74 Å². The fraction of sp³-hybridized carbons (Fsp3) is 0.167. The highest BCUT2D eigenvalue weighted by molar-refractivity contribution is 6.10. The van der Waals surface area contributed by atoms with Crippen molar-refractivity contribution < 1.29 is 23.7 Å². The molecule has 3 rings (SSSR count). The zero-order chi connectivity index (χ0) is 22.2. The van der Waals surface area contributed by atoms with Crippen molar-refractivity contribution in [3.63, 3.8) is 0 Å². The SMILES string of the molecule is CCOc1ccc(NC(=O)c2ccccc2NC(=O)C[n+]2cccc(C(C)=O)c2)cc1. The number of pyridine rings is 1. The lowest BCUT2D eigenvalue weighted by Gasteiger charge is -2.11. The topological polar surface area (TPSA) is 88.4 Å². The third-order valence-electron chi connectivity index (χ3n) is 4.46. The van der Waals surface area contributed by atoms with Crippen LogP contribution in [0, 0.1) is 0 Å². The Kier molecular flexibility index (Phi) is 7.11. The number of benzene rings is 2. The molecular weight excluding hydrogens is 394 g/mol. The molecule has 1 aromatic heterocycles. The summed E-state index contributed by atoms with van der Waals surface area (Å²) >= 11 is 0. The number of Topliss-reactive ketones (excluding diaryl/α,β-unsaturated/α-hetero) is 1. The fourth-order valence-electron chi connectivity index (χ4n) is 2.97. The van der Waals surface area contributed by atoms with Crippen molar-refractivity contribution in [3.8, 4) is 5.75 Å². The minimum absolute atomic E-state index is 0.00988. The Hall–Kier alpha value is -4.00. The molecule has 0 unspecified atom stereocenters.